The molecule has 11 heavy (non-hydrogen) atoms. The predicted molar refractivity (Wildman–Crippen MR) is 34.2 cm³/mol. The van der Waals surface area contributed by atoms with E-state index in [1.807, 2.05) is 0 Å². The van der Waals surface area contributed by atoms with Gasteiger partial charge in [-0.15, -0.1) is 0 Å². The van der Waals surface area contributed by atoms with Gasteiger partial charge in [0.15, 0.2) is 0 Å². The quantitative estimate of drug-likeness (QED) is 0.379. The minimum absolute atomic E-state index is 0.639. The van der Waals surface area contributed by atoms with E-state index in [0.717, 1.165) is 0 Å². The Morgan fingerprint density at radius 2 is 2.45 bits per heavy atom. The summed E-state index contributed by atoms with van der Waals surface area (Å²) < 4.78 is 0.639. The Morgan fingerprint density at radius 1 is 1.73 bits per heavy atom. The second kappa shape index (κ2) is 2.93. The molecule has 1 heterocycles. The van der Waals surface area contributed by atoms with Crippen LogP contribution in [0.5, 0.6) is 0 Å². The average molecular weight is 155 g/mol. The number of hydrogen-bond acceptors (Lipinski definition) is 4. The van der Waals surface area contributed by atoms with Crippen LogP contribution in [0.1, 0.15) is 0 Å². The molecule has 6 heteroatoms. The van der Waals surface area contributed by atoms with E-state index in [0.29, 0.717) is 4.57 Å². The Bertz CT molecular complexity index is 319. The van der Waals surface area contributed by atoms with E-state index in [-0.39, 0.29) is 0 Å². The van der Waals surface area contributed by atoms with Gasteiger partial charge in [0.25, 0.3) is 0 Å². The maximum Gasteiger partial charge on any atom is 0.355 e. The Labute approximate surface area is 61.1 Å². The fourth-order valence-corrected chi connectivity index (χ4v) is 0.566. The van der Waals surface area contributed by atoms with Crippen LogP contribution in [0.4, 0.5) is 4.79 Å². The van der Waals surface area contributed by atoms with E-state index in [4.69, 9.17) is 5.21 Å². The van der Waals surface area contributed by atoms with Crippen molar-refractivity contribution >= 4 is 6.03 Å². The van der Waals surface area contributed by atoms with E-state index in [9.17, 15) is 9.59 Å². The molecular formula is C5H5N3O3. The van der Waals surface area contributed by atoms with Crippen LogP contribution in [0.3, 0.4) is 0 Å². The first kappa shape index (κ1) is 7.42. The molecule has 1 aromatic rings. The summed E-state index contributed by atoms with van der Waals surface area (Å²) in [4.78, 5) is 24.6. The Hall–Kier alpha value is -1.69. The van der Waals surface area contributed by atoms with E-state index < -0.39 is 11.7 Å². The number of nitrogens with zero attached hydrogens (tertiary/aromatic N) is 2. The van der Waals surface area contributed by atoms with Gasteiger partial charge in [-0.2, -0.15) is 0 Å². The van der Waals surface area contributed by atoms with E-state index in [1.165, 1.54) is 23.9 Å². The highest BCUT2D eigenvalue weighted by Crippen LogP contribution is 1.76. The molecule has 58 valence electrons. The molecule has 1 amide bonds. The summed E-state index contributed by atoms with van der Waals surface area (Å²) in [7, 11) is 0. The number of rotatable bonds is 0. The number of aromatic nitrogens is 2. The van der Waals surface area contributed by atoms with Crippen molar-refractivity contribution in [2.45, 2.75) is 0 Å². The van der Waals surface area contributed by atoms with Crippen molar-refractivity contribution in [1.29, 1.82) is 0 Å². The number of nitrogens with one attached hydrogen (secondary N) is 1. The third kappa shape index (κ3) is 1.41. The van der Waals surface area contributed by atoms with Crippen molar-refractivity contribution in [3.63, 3.8) is 0 Å². The normalized spacial score (nSPS) is 9.18. The van der Waals surface area contributed by atoms with Crippen molar-refractivity contribution in [3.8, 4) is 0 Å². The van der Waals surface area contributed by atoms with Crippen molar-refractivity contribution in [2.75, 3.05) is 0 Å². The molecule has 0 atom stereocenters. The third-order valence-electron chi connectivity index (χ3n) is 1.03. The molecular weight excluding hydrogens is 150 g/mol. The second-order valence-electron chi connectivity index (χ2n) is 1.69. The van der Waals surface area contributed by atoms with Crippen LogP contribution < -0.4 is 11.2 Å². The lowest BCUT2D eigenvalue weighted by atomic mass is 10.6. The monoisotopic (exact) mass is 155 g/mol. The van der Waals surface area contributed by atoms with Gasteiger partial charge in [0, 0.05) is 12.4 Å². The fourth-order valence-electron chi connectivity index (χ4n) is 0.566. The summed E-state index contributed by atoms with van der Waals surface area (Å²) in [6.45, 7) is 0. The average Bonchev–Trinajstić information content (AvgIpc) is 2.04. The molecule has 0 radical (unpaired) electrons. The Kier molecular flexibility index (Phi) is 1.98. The number of hydrogen-bond donors (Lipinski definition) is 2. The lowest BCUT2D eigenvalue weighted by Crippen LogP contribution is -2.34. The molecule has 2 N–H and O–H groups in total. The molecule has 0 aliphatic rings. The van der Waals surface area contributed by atoms with Gasteiger partial charge in [-0.25, -0.2) is 24.6 Å². The number of carbonyl (C=O) groups is 1. The first-order valence-corrected chi connectivity index (χ1v) is 2.74. The van der Waals surface area contributed by atoms with Gasteiger partial charge >= 0.3 is 11.7 Å². The van der Waals surface area contributed by atoms with Gasteiger partial charge in [-0.3, -0.25) is 5.21 Å². The zero-order valence-electron chi connectivity index (χ0n) is 5.39. The summed E-state index contributed by atoms with van der Waals surface area (Å²) in [5, 5.41) is 8.13. The summed E-state index contributed by atoms with van der Waals surface area (Å²) in [5.41, 5.74) is 0.569. The van der Waals surface area contributed by atoms with E-state index in [1.54, 1.807) is 0 Å². The molecule has 0 saturated carbocycles. The molecule has 6 nitrogen and oxygen atoms in total. The molecule has 0 saturated heterocycles. The second-order valence-corrected chi connectivity index (χ2v) is 1.69. The van der Waals surface area contributed by atoms with Crippen LogP contribution >= 0.6 is 0 Å². The van der Waals surface area contributed by atoms with Crippen molar-refractivity contribution in [2.24, 2.45) is 0 Å². The Morgan fingerprint density at radius 3 is 3.00 bits per heavy atom. The molecule has 0 fully saturated rings. The van der Waals surface area contributed by atoms with Gasteiger partial charge in [0.2, 0.25) is 0 Å². The summed E-state index contributed by atoms with van der Waals surface area (Å²) in [5.74, 6) is 0. The first-order chi connectivity index (χ1) is 5.25. The van der Waals surface area contributed by atoms with Gasteiger partial charge < -0.3 is 0 Å². The van der Waals surface area contributed by atoms with Gasteiger partial charge in [-0.1, -0.05) is 0 Å². The molecule has 0 aliphatic heterocycles. The van der Waals surface area contributed by atoms with Crippen LogP contribution in [-0.4, -0.2) is 20.8 Å². The lowest BCUT2D eigenvalue weighted by Gasteiger charge is -1.97. The van der Waals surface area contributed by atoms with Crippen molar-refractivity contribution in [3.05, 3.63) is 28.9 Å². The minimum atomic E-state index is -0.928. The molecule has 0 aliphatic carbocycles. The summed E-state index contributed by atoms with van der Waals surface area (Å²) >= 11 is 0. The highest BCUT2D eigenvalue weighted by atomic mass is 16.5. The molecule has 1 rings (SSSR count). The Balaban J connectivity index is 3.14. The van der Waals surface area contributed by atoms with Gasteiger partial charge in [0.05, 0.1) is 0 Å². The molecule has 1 aromatic heterocycles. The molecule has 0 aromatic carbocycles. The largest absolute Gasteiger partial charge is 0.355 e. The van der Waals surface area contributed by atoms with Crippen LogP contribution in [0.25, 0.3) is 0 Å². The molecule has 0 unspecified atom stereocenters. The fraction of sp³-hybridized carbons (Fsp3) is 0. The van der Waals surface area contributed by atoms with E-state index >= 15 is 0 Å². The first-order valence-electron chi connectivity index (χ1n) is 2.74. The summed E-state index contributed by atoms with van der Waals surface area (Å²) in [6.07, 6.45) is 2.45. The standard InChI is InChI=1S/C5H5N3O3/c9-4-6-2-1-3-8(4)5(10)7-11/h1-3,11H,(H,7,10). The predicted octanol–water partition coefficient (Wildman–Crippen LogP) is -0.810. The third-order valence-corrected chi connectivity index (χ3v) is 1.03. The van der Waals surface area contributed by atoms with Crippen LogP contribution in [0, 0.1) is 0 Å². The maximum atomic E-state index is 10.7. The molecule has 0 bridgehead atoms. The van der Waals surface area contributed by atoms with Crippen molar-refractivity contribution in [1.82, 2.24) is 15.0 Å². The molecule has 0 spiro atoms. The van der Waals surface area contributed by atoms with E-state index in [2.05, 4.69) is 4.98 Å². The zero-order valence-corrected chi connectivity index (χ0v) is 5.39. The van der Waals surface area contributed by atoms with Crippen LogP contribution in [-0.2, 0) is 0 Å². The number of amides is 1. The van der Waals surface area contributed by atoms with Gasteiger partial charge in [-0.05, 0) is 6.07 Å². The topological polar surface area (TPSA) is 84.2 Å². The SMILES string of the molecule is O=C(NO)n1cccnc1=O. The summed E-state index contributed by atoms with van der Waals surface area (Å²) in [6, 6.07) is 0.472. The van der Waals surface area contributed by atoms with Crippen LogP contribution in [0.15, 0.2) is 23.3 Å². The lowest BCUT2D eigenvalue weighted by molar-refractivity contribution is 0.162. The van der Waals surface area contributed by atoms with Gasteiger partial charge in [0.1, 0.15) is 0 Å². The smallest absolute Gasteiger partial charge is 0.287 e. The van der Waals surface area contributed by atoms with Crippen molar-refractivity contribution < 1.29 is 10.0 Å². The zero-order chi connectivity index (χ0) is 8.27. The number of hydroxylamine groups is 1. The minimum Gasteiger partial charge on any atom is -0.287 e. The number of carbonyl (C=O) groups excluding carboxylic acids is 1. The van der Waals surface area contributed by atoms with Crippen LogP contribution in [0.2, 0.25) is 0 Å². The maximum absolute atomic E-state index is 10.7. The highest BCUT2D eigenvalue weighted by Gasteiger charge is 2.02. The highest BCUT2D eigenvalue weighted by molar-refractivity contribution is 5.74.